The zero-order chi connectivity index (χ0) is 16.7. The average Bonchev–Trinajstić information content (AvgIpc) is 3.25. The van der Waals surface area contributed by atoms with Gasteiger partial charge in [0.25, 0.3) is 5.91 Å². The third-order valence-corrected chi connectivity index (χ3v) is 4.96. The van der Waals surface area contributed by atoms with E-state index in [1.165, 1.54) is 6.20 Å². The summed E-state index contributed by atoms with van der Waals surface area (Å²) in [5.41, 5.74) is 0.172. The Labute approximate surface area is 139 Å². The molecule has 2 fully saturated rings. The maximum atomic E-state index is 12.8. The summed E-state index contributed by atoms with van der Waals surface area (Å²) >= 11 is 6.10. The highest BCUT2D eigenvalue weighted by Crippen LogP contribution is 2.44. The number of carboxylic acids is 1. The fourth-order valence-electron chi connectivity index (χ4n) is 3.22. The molecule has 1 aliphatic heterocycles. The lowest BCUT2D eigenvalue weighted by Gasteiger charge is -2.17. The van der Waals surface area contributed by atoms with Crippen LogP contribution in [0.2, 0.25) is 5.02 Å². The van der Waals surface area contributed by atoms with Gasteiger partial charge in [-0.1, -0.05) is 25.4 Å². The Kier molecular flexibility index (Phi) is 4.27. The van der Waals surface area contributed by atoms with Gasteiger partial charge in [0.1, 0.15) is 5.82 Å². The number of hydrogen-bond acceptors (Lipinski definition) is 4. The van der Waals surface area contributed by atoms with Crippen LogP contribution in [0, 0.1) is 17.8 Å². The third kappa shape index (κ3) is 3.17. The van der Waals surface area contributed by atoms with Crippen LogP contribution in [0.3, 0.4) is 0 Å². The zero-order valence-electron chi connectivity index (χ0n) is 13.2. The van der Waals surface area contributed by atoms with Crippen molar-refractivity contribution in [3.05, 3.63) is 22.7 Å². The predicted octanol–water partition coefficient (Wildman–Crippen LogP) is 2.44. The number of aromatic nitrogens is 2. The lowest BCUT2D eigenvalue weighted by molar-refractivity contribution is -0.142. The zero-order valence-corrected chi connectivity index (χ0v) is 14.0. The van der Waals surface area contributed by atoms with Gasteiger partial charge in [-0.25, -0.2) is 9.97 Å². The second-order valence-electron chi connectivity index (χ2n) is 6.74. The number of carbonyl (C=O) groups is 2. The van der Waals surface area contributed by atoms with Crippen molar-refractivity contribution in [3.8, 4) is 0 Å². The van der Waals surface area contributed by atoms with Crippen molar-refractivity contribution in [2.24, 2.45) is 17.8 Å². The van der Waals surface area contributed by atoms with E-state index in [9.17, 15) is 14.7 Å². The van der Waals surface area contributed by atoms with Crippen LogP contribution in [-0.2, 0) is 4.79 Å². The molecule has 0 spiro atoms. The number of rotatable bonds is 4. The first-order valence-corrected chi connectivity index (χ1v) is 8.30. The topological polar surface area (TPSA) is 83.4 Å². The van der Waals surface area contributed by atoms with Crippen LogP contribution in [0.5, 0.6) is 0 Å². The first-order valence-electron chi connectivity index (χ1n) is 7.93. The largest absolute Gasteiger partial charge is 0.481 e. The smallest absolute Gasteiger partial charge is 0.308 e. The average molecular weight is 338 g/mol. The summed E-state index contributed by atoms with van der Waals surface area (Å²) in [5, 5.41) is 9.62. The highest BCUT2D eigenvalue weighted by molar-refractivity contribution is 6.33. The van der Waals surface area contributed by atoms with Gasteiger partial charge in [0.2, 0.25) is 0 Å². The second kappa shape index (κ2) is 6.07. The maximum Gasteiger partial charge on any atom is 0.308 e. The van der Waals surface area contributed by atoms with Gasteiger partial charge in [0.05, 0.1) is 17.1 Å². The maximum absolute atomic E-state index is 12.8. The van der Waals surface area contributed by atoms with Crippen molar-refractivity contribution in [1.29, 1.82) is 0 Å². The molecule has 1 saturated heterocycles. The molecule has 7 heteroatoms. The fourth-order valence-corrected chi connectivity index (χ4v) is 3.39. The molecule has 1 aromatic heterocycles. The minimum absolute atomic E-state index is 0.0432. The molecule has 0 radical (unpaired) electrons. The molecule has 1 N–H and O–H groups in total. The van der Waals surface area contributed by atoms with Gasteiger partial charge in [-0.2, -0.15) is 0 Å². The highest BCUT2D eigenvalue weighted by Gasteiger charge is 2.47. The highest BCUT2D eigenvalue weighted by atomic mass is 35.5. The summed E-state index contributed by atoms with van der Waals surface area (Å²) in [6.45, 7) is 4.58. The van der Waals surface area contributed by atoms with Crippen LogP contribution in [0.15, 0.2) is 6.20 Å². The summed E-state index contributed by atoms with van der Waals surface area (Å²) < 4.78 is 0. The molecule has 1 amide bonds. The molecule has 124 valence electrons. The van der Waals surface area contributed by atoms with Gasteiger partial charge in [0, 0.05) is 19.0 Å². The van der Waals surface area contributed by atoms with Crippen LogP contribution >= 0.6 is 11.6 Å². The molecule has 0 bridgehead atoms. The Morgan fingerprint density at radius 1 is 1.35 bits per heavy atom. The minimum Gasteiger partial charge on any atom is -0.481 e. The standard InChI is InChI=1S/C16H20ClN3O3/c1-8(2)14-18-5-12(17)13(19-14)15(21)20-6-10(9-3-4-9)11(7-20)16(22)23/h5,8-11H,3-4,6-7H2,1-2H3,(H,22,23)/t10-,11+/m1/s1. The van der Waals surface area contributed by atoms with Crippen molar-refractivity contribution < 1.29 is 14.7 Å². The van der Waals surface area contributed by atoms with Crippen LogP contribution in [-0.4, -0.2) is 44.9 Å². The Hall–Kier alpha value is -1.69. The molecule has 2 heterocycles. The molecule has 1 saturated carbocycles. The molecule has 2 aliphatic rings. The number of hydrogen-bond donors (Lipinski definition) is 1. The molecule has 0 unspecified atom stereocenters. The number of amides is 1. The predicted molar refractivity (Wildman–Crippen MR) is 84.4 cm³/mol. The van der Waals surface area contributed by atoms with Crippen molar-refractivity contribution in [2.45, 2.75) is 32.6 Å². The minimum atomic E-state index is -0.825. The first kappa shape index (κ1) is 16.2. The summed E-state index contributed by atoms with van der Waals surface area (Å²) in [6, 6.07) is 0. The van der Waals surface area contributed by atoms with Crippen molar-refractivity contribution in [1.82, 2.24) is 14.9 Å². The van der Waals surface area contributed by atoms with Crippen LogP contribution < -0.4 is 0 Å². The van der Waals surface area contributed by atoms with Gasteiger partial charge in [-0.05, 0) is 24.7 Å². The summed E-state index contributed by atoms with van der Waals surface area (Å²) in [4.78, 5) is 34.2. The SMILES string of the molecule is CC(C)c1ncc(Cl)c(C(=O)N2C[C@H](C(=O)O)[C@@H](C3CC3)C2)n1. The van der Waals surface area contributed by atoms with Gasteiger partial charge in [-0.3, -0.25) is 9.59 Å². The normalized spacial score (nSPS) is 24.3. The van der Waals surface area contributed by atoms with E-state index >= 15 is 0 Å². The summed E-state index contributed by atoms with van der Waals surface area (Å²) in [7, 11) is 0. The van der Waals surface area contributed by atoms with Crippen molar-refractivity contribution >= 4 is 23.5 Å². The van der Waals surface area contributed by atoms with E-state index < -0.39 is 11.9 Å². The molecule has 0 aromatic carbocycles. The summed E-state index contributed by atoms with van der Waals surface area (Å²) in [5.74, 6) is -0.490. The third-order valence-electron chi connectivity index (χ3n) is 4.68. The molecule has 2 atom stereocenters. The quantitative estimate of drug-likeness (QED) is 0.912. The van der Waals surface area contributed by atoms with E-state index in [0.29, 0.717) is 18.3 Å². The second-order valence-corrected chi connectivity index (χ2v) is 7.14. The number of aliphatic carboxylic acids is 1. The van der Waals surface area contributed by atoms with Gasteiger partial charge < -0.3 is 10.0 Å². The van der Waals surface area contributed by atoms with Crippen LogP contribution in [0.4, 0.5) is 0 Å². The van der Waals surface area contributed by atoms with Gasteiger partial charge >= 0.3 is 5.97 Å². The van der Waals surface area contributed by atoms with Gasteiger partial charge in [-0.15, -0.1) is 0 Å². The van der Waals surface area contributed by atoms with E-state index in [2.05, 4.69) is 9.97 Å². The number of nitrogens with zero attached hydrogens (tertiary/aromatic N) is 3. The lowest BCUT2D eigenvalue weighted by Crippen LogP contribution is -2.31. The molecule has 3 rings (SSSR count). The Morgan fingerprint density at radius 2 is 2.04 bits per heavy atom. The Balaban J connectivity index is 1.83. The Bertz CT molecular complexity index is 645. The van der Waals surface area contributed by atoms with Crippen LogP contribution in [0.25, 0.3) is 0 Å². The van der Waals surface area contributed by atoms with Crippen LogP contribution in [0.1, 0.15) is 48.9 Å². The monoisotopic (exact) mass is 337 g/mol. The number of carboxylic acid groups (broad SMARTS) is 1. The summed E-state index contributed by atoms with van der Waals surface area (Å²) in [6.07, 6.45) is 3.56. The van der Waals surface area contributed by atoms with Crippen molar-refractivity contribution in [3.63, 3.8) is 0 Å². The van der Waals surface area contributed by atoms with E-state index in [4.69, 9.17) is 11.6 Å². The van der Waals surface area contributed by atoms with E-state index in [1.807, 2.05) is 13.8 Å². The number of carbonyl (C=O) groups excluding carboxylic acids is 1. The molecular formula is C16H20ClN3O3. The molecule has 1 aromatic rings. The number of halogens is 1. The van der Waals surface area contributed by atoms with Crippen molar-refractivity contribution in [2.75, 3.05) is 13.1 Å². The first-order chi connectivity index (χ1) is 10.9. The van der Waals surface area contributed by atoms with E-state index in [1.54, 1.807) is 4.90 Å². The Morgan fingerprint density at radius 3 is 2.61 bits per heavy atom. The molecular weight excluding hydrogens is 318 g/mol. The number of likely N-dealkylation sites (tertiary alicyclic amines) is 1. The lowest BCUT2D eigenvalue weighted by atomic mass is 9.92. The molecule has 1 aliphatic carbocycles. The van der Waals surface area contributed by atoms with E-state index in [0.717, 1.165) is 12.8 Å². The van der Waals surface area contributed by atoms with E-state index in [-0.39, 0.29) is 35.0 Å². The molecule has 23 heavy (non-hydrogen) atoms. The fraction of sp³-hybridized carbons (Fsp3) is 0.625. The molecule has 6 nitrogen and oxygen atoms in total. The van der Waals surface area contributed by atoms with Gasteiger partial charge in [0.15, 0.2) is 5.69 Å².